The van der Waals surface area contributed by atoms with Gasteiger partial charge in [0, 0.05) is 49.4 Å². The zero-order chi connectivity index (χ0) is 23.9. The second-order valence-corrected chi connectivity index (χ2v) is 9.32. The lowest BCUT2D eigenvalue weighted by Gasteiger charge is -2.29. The minimum atomic E-state index is -0.409. The average molecular weight is 474 g/mol. The molecule has 180 valence electrons. The molecule has 1 N–H and O–H groups in total. The quantitative estimate of drug-likeness (QED) is 0.339. The van der Waals surface area contributed by atoms with Crippen LogP contribution >= 0.6 is 0 Å². The fourth-order valence-corrected chi connectivity index (χ4v) is 5.59. The number of aromatic amines is 1. The number of nitrogens with one attached hydrogen (secondary N) is 1. The predicted octanol–water partition coefficient (Wildman–Crippen LogP) is 2.53. The Morgan fingerprint density at radius 3 is 2.83 bits per heavy atom. The maximum atomic E-state index is 13.0. The van der Waals surface area contributed by atoms with Crippen LogP contribution in [-0.4, -0.2) is 57.8 Å². The molecular formula is C26H27N5O4. The van der Waals surface area contributed by atoms with Gasteiger partial charge < -0.3 is 19.4 Å². The van der Waals surface area contributed by atoms with E-state index in [1.807, 2.05) is 18.2 Å². The number of benzene rings is 2. The summed E-state index contributed by atoms with van der Waals surface area (Å²) < 4.78 is 12.9. The number of hydrogen-bond acceptors (Lipinski definition) is 7. The number of likely N-dealkylation sites (tertiary alicyclic amines) is 1. The molecule has 2 aromatic carbocycles. The molecule has 0 saturated carbocycles. The summed E-state index contributed by atoms with van der Waals surface area (Å²) in [5.41, 5.74) is 2.10. The minimum Gasteiger partial charge on any atom is -0.496 e. The molecule has 0 spiro atoms. The van der Waals surface area contributed by atoms with Crippen LogP contribution in [0, 0.1) is 5.92 Å². The van der Waals surface area contributed by atoms with Crippen LogP contribution in [0.25, 0.3) is 21.9 Å². The smallest absolute Gasteiger partial charge is 0.328 e. The van der Waals surface area contributed by atoms with E-state index in [-0.39, 0.29) is 5.56 Å². The Hall–Kier alpha value is -3.72. The van der Waals surface area contributed by atoms with Gasteiger partial charge in [-0.25, -0.2) is 4.79 Å². The van der Waals surface area contributed by atoms with Crippen molar-refractivity contribution in [2.45, 2.75) is 25.3 Å². The standard InChI is InChI=1S/C26H27N5O4/c1-34-20-5-4-6-21-22(20)18-14-30(13-16(18)15-35-21)11-2-3-12-31-25(32)17-7-8-19-24(28-10-9-27-19)23(17)29-26(31)33/h4-10,16,18H,2-3,11-15H2,1H3,(H,29,33)/t16-,18-/m1/s1. The van der Waals surface area contributed by atoms with Gasteiger partial charge in [0.15, 0.2) is 0 Å². The summed E-state index contributed by atoms with van der Waals surface area (Å²) in [4.78, 5) is 39.6. The van der Waals surface area contributed by atoms with Crippen molar-refractivity contribution in [3.63, 3.8) is 0 Å². The molecule has 0 unspecified atom stereocenters. The topological polar surface area (TPSA) is 102 Å². The van der Waals surface area contributed by atoms with E-state index < -0.39 is 5.69 Å². The van der Waals surface area contributed by atoms with E-state index in [4.69, 9.17) is 9.47 Å². The fourth-order valence-electron chi connectivity index (χ4n) is 5.59. The summed E-state index contributed by atoms with van der Waals surface area (Å²) in [6.07, 6.45) is 4.78. The maximum absolute atomic E-state index is 13.0. The van der Waals surface area contributed by atoms with Gasteiger partial charge in [0.05, 0.1) is 30.1 Å². The van der Waals surface area contributed by atoms with E-state index in [0.717, 1.165) is 50.6 Å². The summed E-state index contributed by atoms with van der Waals surface area (Å²) in [6.45, 7) is 3.96. The first-order valence-corrected chi connectivity index (χ1v) is 12.0. The highest BCUT2D eigenvalue weighted by Crippen LogP contribution is 2.46. The van der Waals surface area contributed by atoms with Crippen LogP contribution in [0.2, 0.25) is 0 Å². The summed E-state index contributed by atoms with van der Waals surface area (Å²) in [5.74, 6) is 2.68. The Morgan fingerprint density at radius 1 is 1.09 bits per heavy atom. The van der Waals surface area contributed by atoms with Crippen molar-refractivity contribution in [2.24, 2.45) is 5.92 Å². The lowest BCUT2D eigenvalue weighted by Crippen LogP contribution is -2.35. The van der Waals surface area contributed by atoms with Crippen molar-refractivity contribution in [1.29, 1.82) is 0 Å². The molecule has 9 nitrogen and oxygen atoms in total. The Kier molecular flexibility index (Phi) is 5.49. The first kappa shape index (κ1) is 21.8. The van der Waals surface area contributed by atoms with E-state index in [2.05, 4.69) is 19.9 Å². The van der Waals surface area contributed by atoms with Crippen molar-refractivity contribution < 1.29 is 9.47 Å². The number of hydrogen-bond donors (Lipinski definition) is 1. The van der Waals surface area contributed by atoms with Crippen LogP contribution in [0.1, 0.15) is 24.3 Å². The zero-order valence-electron chi connectivity index (χ0n) is 19.6. The molecule has 0 aliphatic carbocycles. The minimum absolute atomic E-state index is 0.288. The number of methoxy groups -OCH3 is 1. The van der Waals surface area contributed by atoms with Gasteiger partial charge in [-0.2, -0.15) is 0 Å². The van der Waals surface area contributed by atoms with Gasteiger partial charge in [-0.15, -0.1) is 0 Å². The van der Waals surface area contributed by atoms with Crippen molar-refractivity contribution in [2.75, 3.05) is 33.4 Å². The molecule has 0 amide bonds. The van der Waals surface area contributed by atoms with Crippen LogP contribution in [0.5, 0.6) is 11.5 Å². The molecule has 9 heteroatoms. The molecular weight excluding hydrogens is 446 g/mol. The fraction of sp³-hybridized carbons (Fsp3) is 0.385. The van der Waals surface area contributed by atoms with Gasteiger partial charge in [0.1, 0.15) is 17.0 Å². The van der Waals surface area contributed by atoms with E-state index in [1.54, 1.807) is 31.6 Å². The molecule has 2 atom stereocenters. The zero-order valence-corrected chi connectivity index (χ0v) is 19.6. The molecule has 2 aliphatic rings. The maximum Gasteiger partial charge on any atom is 0.328 e. The molecule has 1 saturated heterocycles. The number of ether oxygens (including phenoxy) is 2. The van der Waals surface area contributed by atoms with Gasteiger partial charge in [0.2, 0.25) is 0 Å². The highest BCUT2D eigenvalue weighted by Gasteiger charge is 2.40. The van der Waals surface area contributed by atoms with Crippen molar-refractivity contribution in [3.05, 3.63) is 69.1 Å². The van der Waals surface area contributed by atoms with E-state index >= 15 is 0 Å². The van der Waals surface area contributed by atoms with Crippen LogP contribution < -0.4 is 20.7 Å². The molecule has 2 aliphatic heterocycles. The van der Waals surface area contributed by atoms with E-state index in [9.17, 15) is 9.59 Å². The molecule has 35 heavy (non-hydrogen) atoms. The SMILES string of the molecule is COc1cccc2c1[C@@H]1CN(CCCCn3c(=O)[nH]c4c(ccc5nccnc54)c3=O)C[C@@H]1CO2. The largest absolute Gasteiger partial charge is 0.496 e. The van der Waals surface area contributed by atoms with Crippen LogP contribution in [0.3, 0.4) is 0 Å². The number of aromatic nitrogens is 4. The number of unbranched alkanes of at least 4 members (excludes halogenated alkanes) is 1. The number of nitrogens with zero attached hydrogens (tertiary/aromatic N) is 4. The highest BCUT2D eigenvalue weighted by atomic mass is 16.5. The van der Waals surface area contributed by atoms with Crippen molar-refractivity contribution in [3.8, 4) is 11.5 Å². The van der Waals surface area contributed by atoms with Gasteiger partial charge in [-0.05, 0) is 43.7 Å². The van der Waals surface area contributed by atoms with Gasteiger partial charge >= 0.3 is 5.69 Å². The van der Waals surface area contributed by atoms with Crippen LogP contribution in [-0.2, 0) is 6.54 Å². The van der Waals surface area contributed by atoms with Crippen LogP contribution in [0.15, 0.2) is 52.3 Å². The first-order chi connectivity index (χ1) is 17.1. The predicted molar refractivity (Wildman–Crippen MR) is 132 cm³/mol. The molecule has 2 aromatic heterocycles. The van der Waals surface area contributed by atoms with Gasteiger partial charge in [-0.1, -0.05) is 6.07 Å². The number of rotatable bonds is 6. The second-order valence-electron chi connectivity index (χ2n) is 9.32. The van der Waals surface area contributed by atoms with E-state index in [1.165, 1.54) is 10.1 Å². The first-order valence-electron chi connectivity index (χ1n) is 12.0. The van der Waals surface area contributed by atoms with E-state index in [0.29, 0.717) is 40.3 Å². The Balaban J connectivity index is 1.13. The lowest BCUT2D eigenvalue weighted by molar-refractivity contribution is 0.209. The molecule has 4 aromatic rings. The number of H-pyrrole nitrogens is 1. The molecule has 0 radical (unpaired) electrons. The molecule has 1 fully saturated rings. The third kappa shape index (κ3) is 3.76. The molecule has 4 heterocycles. The molecule has 6 rings (SSSR count). The summed E-state index contributed by atoms with van der Waals surface area (Å²) >= 11 is 0. The molecule has 0 bridgehead atoms. The average Bonchev–Trinajstić information content (AvgIpc) is 3.31. The Bertz CT molecular complexity index is 1510. The van der Waals surface area contributed by atoms with Crippen molar-refractivity contribution in [1.82, 2.24) is 24.4 Å². The third-order valence-corrected chi connectivity index (χ3v) is 7.29. The highest BCUT2D eigenvalue weighted by molar-refractivity contribution is 6.00. The van der Waals surface area contributed by atoms with Crippen LogP contribution in [0.4, 0.5) is 0 Å². The third-order valence-electron chi connectivity index (χ3n) is 7.29. The van der Waals surface area contributed by atoms with Gasteiger partial charge in [-0.3, -0.25) is 19.3 Å². The summed E-state index contributed by atoms with van der Waals surface area (Å²) in [7, 11) is 1.71. The van der Waals surface area contributed by atoms with Gasteiger partial charge in [0.25, 0.3) is 5.56 Å². The normalized spacial score (nSPS) is 19.5. The Morgan fingerprint density at radius 2 is 1.94 bits per heavy atom. The summed E-state index contributed by atoms with van der Waals surface area (Å²) in [5, 5.41) is 0.453. The monoisotopic (exact) mass is 473 g/mol. The van der Waals surface area contributed by atoms with Crippen molar-refractivity contribution >= 4 is 21.9 Å². The number of fused-ring (bicyclic) bond motifs is 6. The Labute approximate surface area is 201 Å². The lowest BCUT2D eigenvalue weighted by atomic mass is 9.86. The second kappa shape index (κ2) is 8.81. The summed E-state index contributed by atoms with van der Waals surface area (Å²) in [6, 6.07) is 9.46.